The number of hydrogen-bond acceptors (Lipinski definition) is 4. The Balaban J connectivity index is 1.63. The molecule has 1 atom stereocenters. The number of benzene rings is 3. The Kier molecular flexibility index (Phi) is 6.45. The molecular weight excluding hydrogens is 486 g/mol. The number of nitrogens with one attached hydrogen (secondary N) is 1. The molecule has 4 rings (SSSR count). The van der Waals surface area contributed by atoms with Crippen LogP contribution in [0.3, 0.4) is 0 Å². The van der Waals surface area contributed by atoms with Gasteiger partial charge in [-0.1, -0.05) is 18.2 Å². The molecule has 0 aliphatic heterocycles. The van der Waals surface area contributed by atoms with Gasteiger partial charge in [-0.25, -0.2) is 13.2 Å². The molecule has 0 heterocycles. The lowest BCUT2D eigenvalue weighted by Crippen LogP contribution is -2.28. The number of ether oxygens (including phenoxy) is 1. The van der Waals surface area contributed by atoms with Crippen LogP contribution < -0.4 is 14.4 Å². The summed E-state index contributed by atoms with van der Waals surface area (Å²) in [5.74, 6) is -3.96. The maximum Gasteiger partial charge on any atom is 0.573 e. The Morgan fingerprint density at radius 3 is 2.15 bits per heavy atom. The highest BCUT2D eigenvalue weighted by Gasteiger charge is 2.33. The number of nitrogens with zero attached hydrogens (tertiary/aromatic N) is 1. The zero-order chi connectivity index (χ0) is 24.6. The van der Waals surface area contributed by atoms with Crippen LogP contribution in [0.2, 0.25) is 0 Å². The van der Waals surface area contributed by atoms with Gasteiger partial charge in [-0.3, -0.25) is 8.51 Å². The summed E-state index contributed by atoms with van der Waals surface area (Å²) in [6.45, 7) is 0. The van der Waals surface area contributed by atoms with Crippen molar-refractivity contribution in [3.8, 4) is 16.9 Å². The summed E-state index contributed by atoms with van der Waals surface area (Å²) in [5.41, 5.74) is -0.310. The molecule has 1 saturated carbocycles. The minimum absolute atomic E-state index is 0.168. The van der Waals surface area contributed by atoms with Gasteiger partial charge in [0.15, 0.2) is 11.6 Å². The Hall–Kier alpha value is -3.25. The van der Waals surface area contributed by atoms with E-state index in [-0.39, 0.29) is 11.4 Å². The lowest BCUT2D eigenvalue weighted by molar-refractivity contribution is -0.274. The summed E-state index contributed by atoms with van der Waals surface area (Å²) in [4.78, 5) is 0. The Labute approximate surface area is 192 Å². The van der Waals surface area contributed by atoms with Crippen LogP contribution in [0, 0.1) is 17.5 Å². The Bertz CT molecular complexity index is 1230. The lowest BCUT2D eigenvalue weighted by atomic mass is 10.0. The fourth-order valence-electron chi connectivity index (χ4n) is 3.33. The second kappa shape index (κ2) is 9.18. The molecule has 12 heteroatoms. The van der Waals surface area contributed by atoms with E-state index in [9.17, 15) is 35.1 Å². The van der Waals surface area contributed by atoms with Gasteiger partial charge in [0, 0.05) is 17.3 Å². The van der Waals surface area contributed by atoms with E-state index in [0.717, 1.165) is 34.6 Å². The van der Waals surface area contributed by atoms with Gasteiger partial charge in [-0.2, -0.15) is 0 Å². The quantitative estimate of drug-likeness (QED) is 0.310. The van der Waals surface area contributed by atoms with Gasteiger partial charge < -0.3 is 14.6 Å². The molecule has 0 spiro atoms. The first kappa shape index (κ1) is 23.9. The van der Waals surface area contributed by atoms with Crippen LogP contribution in [0.4, 0.5) is 43.4 Å². The standard InChI is InChI=1S/C22H16F6N2O3S/c23-16-8-10-19(30(34(31)32)14-4-5-14)21(20(16)25)29-18-9-3-13(11-17(18)24)12-1-6-15(7-2-12)33-22(26,27)28/h1-3,6-11,14,29H,4-5H2,(H,31,32)/p-1. The van der Waals surface area contributed by atoms with Crippen LogP contribution in [0.25, 0.3) is 11.1 Å². The normalized spacial score (nSPS) is 14.6. The maximum absolute atomic E-state index is 14.8. The zero-order valence-corrected chi connectivity index (χ0v) is 17.9. The third-order valence-corrected chi connectivity index (χ3v) is 5.82. The summed E-state index contributed by atoms with van der Waals surface area (Å²) < 4.78 is 108. The number of alkyl halides is 3. The number of anilines is 3. The molecule has 1 N–H and O–H groups in total. The van der Waals surface area contributed by atoms with Crippen molar-refractivity contribution in [2.75, 3.05) is 9.62 Å². The van der Waals surface area contributed by atoms with E-state index in [1.165, 1.54) is 24.3 Å². The maximum atomic E-state index is 14.8. The second-order valence-electron chi connectivity index (χ2n) is 7.42. The van der Waals surface area contributed by atoms with Crippen molar-refractivity contribution >= 4 is 28.3 Å². The molecule has 0 bridgehead atoms. The van der Waals surface area contributed by atoms with Crippen LogP contribution >= 0.6 is 0 Å². The predicted octanol–water partition coefficient (Wildman–Crippen LogP) is 6.18. The first-order chi connectivity index (χ1) is 16.0. The van der Waals surface area contributed by atoms with Crippen LogP contribution in [0.1, 0.15) is 12.8 Å². The molecule has 1 aliphatic rings. The van der Waals surface area contributed by atoms with E-state index in [4.69, 9.17) is 0 Å². The topological polar surface area (TPSA) is 64.6 Å². The molecule has 180 valence electrons. The number of rotatable bonds is 7. The fourth-order valence-corrected chi connectivity index (χ4v) is 4.10. The van der Waals surface area contributed by atoms with E-state index in [0.29, 0.717) is 24.0 Å². The molecule has 0 radical (unpaired) electrons. The molecule has 0 amide bonds. The second-order valence-corrected chi connectivity index (χ2v) is 8.25. The molecule has 34 heavy (non-hydrogen) atoms. The van der Waals surface area contributed by atoms with E-state index in [2.05, 4.69) is 10.1 Å². The van der Waals surface area contributed by atoms with Crippen LogP contribution in [0.5, 0.6) is 5.75 Å². The molecule has 0 saturated heterocycles. The lowest BCUT2D eigenvalue weighted by Gasteiger charge is -2.29. The van der Waals surface area contributed by atoms with Gasteiger partial charge in [0.2, 0.25) is 0 Å². The average Bonchev–Trinajstić information content (AvgIpc) is 3.58. The molecule has 5 nitrogen and oxygen atoms in total. The molecule has 3 aromatic rings. The summed E-state index contributed by atoms with van der Waals surface area (Å²) >= 11 is -2.77. The largest absolute Gasteiger partial charge is 0.755 e. The average molecular weight is 501 g/mol. The van der Waals surface area contributed by atoms with Crippen molar-refractivity contribution in [1.82, 2.24) is 0 Å². The van der Waals surface area contributed by atoms with Gasteiger partial charge in [-0.15, -0.1) is 13.2 Å². The van der Waals surface area contributed by atoms with Gasteiger partial charge in [0.05, 0.1) is 11.4 Å². The first-order valence-electron chi connectivity index (χ1n) is 9.83. The third-order valence-electron chi connectivity index (χ3n) is 5.00. The van der Waals surface area contributed by atoms with Crippen molar-refractivity contribution in [3.05, 3.63) is 72.0 Å². The first-order valence-corrected chi connectivity index (χ1v) is 10.9. The summed E-state index contributed by atoms with van der Waals surface area (Å²) in [6, 6.07) is 9.86. The molecule has 0 aromatic heterocycles. The van der Waals surface area contributed by atoms with Gasteiger partial charge in [0.1, 0.15) is 17.3 Å². The highest BCUT2D eigenvalue weighted by atomic mass is 32.2. The number of halogens is 6. The molecule has 1 aliphatic carbocycles. The number of hydrogen-bond donors (Lipinski definition) is 1. The van der Waals surface area contributed by atoms with Gasteiger partial charge in [0.25, 0.3) is 0 Å². The van der Waals surface area contributed by atoms with Gasteiger partial charge >= 0.3 is 6.36 Å². The highest BCUT2D eigenvalue weighted by Crippen LogP contribution is 2.40. The monoisotopic (exact) mass is 501 g/mol. The van der Waals surface area contributed by atoms with Crippen LogP contribution in [-0.4, -0.2) is 21.2 Å². The molecule has 3 aromatic carbocycles. The van der Waals surface area contributed by atoms with Gasteiger partial charge in [-0.05, 0) is 60.4 Å². The van der Waals surface area contributed by atoms with Crippen LogP contribution in [-0.2, 0) is 11.3 Å². The zero-order valence-electron chi connectivity index (χ0n) is 17.0. The van der Waals surface area contributed by atoms with E-state index < -0.39 is 52.6 Å². The highest BCUT2D eigenvalue weighted by molar-refractivity contribution is 7.80. The predicted molar refractivity (Wildman–Crippen MR) is 113 cm³/mol. The van der Waals surface area contributed by atoms with Crippen molar-refractivity contribution in [2.45, 2.75) is 25.2 Å². The van der Waals surface area contributed by atoms with E-state index in [1.807, 2.05) is 0 Å². The Morgan fingerprint density at radius 2 is 1.59 bits per heavy atom. The molecule has 1 unspecified atom stereocenters. The summed E-state index contributed by atoms with van der Waals surface area (Å²) in [6.07, 6.45) is -3.76. The smallest absolute Gasteiger partial charge is 0.573 e. The van der Waals surface area contributed by atoms with Crippen molar-refractivity contribution in [3.63, 3.8) is 0 Å². The SMILES string of the molecule is O=S([O-])N(c1ccc(F)c(F)c1Nc1ccc(-c2ccc(OC(F)(F)F)cc2)cc1F)C1CC1. The molecular formula is C22H15F6N2O3S-. The van der Waals surface area contributed by atoms with E-state index >= 15 is 0 Å². The van der Waals surface area contributed by atoms with Crippen LogP contribution in [0.15, 0.2) is 54.6 Å². The minimum Gasteiger partial charge on any atom is -0.755 e. The van der Waals surface area contributed by atoms with E-state index in [1.54, 1.807) is 0 Å². The van der Waals surface area contributed by atoms with Crippen molar-refractivity contribution in [2.24, 2.45) is 0 Å². The Morgan fingerprint density at radius 1 is 0.941 bits per heavy atom. The van der Waals surface area contributed by atoms with Crippen molar-refractivity contribution < 1.29 is 39.8 Å². The fraction of sp³-hybridized carbons (Fsp3) is 0.182. The minimum atomic E-state index is -4.85. The molecule has 1 fully saturated rings. The summed E-state index contributed by atoms with van der Waals surface area (Å²) in [5, 5.41) is 2.43. The summed E-state index contributed by atoms with van der Waals surface area (Å²) in [7, 11) is 0. The third kappa shape index (κ3) is 5.28. The van der Waals surface area contributed by atoms with Crippen molar-refractivity contribution in [1.29, 1.82) is 0 Å².